The van der Waals surface area contributed by atoms with Crippen molar-refractivity contribution in [1.29, 1.82) is 0 Å². The summed E-state index contributed by atoms with van der Waals surface area (Å²) in [6, 6.07) is 5.61. The summed E-state index contributed by atoms with van der Waals surface area (Å²) in [5.41, 5.74) is 0.325. The van der Waals surface area contributed by atoms with Gasteiger partial charge in [0, 0.05) is 5.69 Å². The second-order valence-electron chi connectivity index (χ2n) is 3.79. The van der Waals surface area contributed by atoms with E-state index in [1.54, 1.807) is 6.92 Å². The Morgan fingerprint density at radius 2 is 1.79 bits per heavy atom. The van der Waals surface area contributed by atoms with E-state index in [0.717, 1.165) is 7.11 Å². The van der Waals surface area contributed by atoms with E-state index < -0.39 is 21.7 Å². The molecule has 0 heterocycles. The van der Waals surface area contributed by atoms with Crippen molar-refractivity contribution in [1.82, 2.24) is 0 Å². The standard InChI is InChI=1S/C12H15NO5S/c1-3-8-19(16,17)10-6-4-9(5-7-10)13-11(14)12(15)18-2/h4-7H,3,8H2,1-2H3,(H,13,14). The highest BCUT2D eigenvalue weighted by Crippen LogP contribution is 2.16. The molecule has 0 bridgehead atoms. The van der Waals surface area contributed by atoms with Crippen LogP contribution in [0.3, 0.4) is 0 Å². The number of hydrogen-bond donors (Lipinski definition) is 1. The van der Waals surface area contributed by atoms with Crippen molar-refractivity contribution in [2.24, 2.45) is 0 Å². The highest BCUT2D eigenvalue weighted by molar-refractivity contribution is 7.91. The molecule has 1 rings (SSSR count). The molecule has 0 aliphatic carbocycles. The average molecular weight is 285 g/mol. The molecule has 6 nitrogen and oxygen atoms in total. The Balaban J connectivity index is 2.83. The molecular formula is C12H15NO5S. The molecule has 0 aliphatic heterocycles. The molecule has 0 aromatic heterocycles. The molecule has 0 radical (unpaired) electrons. The summed E-state index contributed by atoms with van der Waals surface area (Å²) < 4.78 is 27.8. The van der Waals surface area contributed by atoms with Crippen LogP contribution < -0.4 is 5.32 Å². The van der Waals surface area contributed by atoms with E-state index in [9.17, 15) is 18.0 Å². The first-order chi connectivity index (χ1) is 8.90. The highest BCUT2D eigenvalue weighted by atomic mass is 32.2. The van der Waals surface area contributed by atoms with Crippen molar-refractivity contribution in [2.75, 3.05) is 18.2 Å². The minimum atomic E-state index is -3.28. The van der Waals surface area contributed by atoms with Crippen molar-refractivity contribution in [3.63, 3.8) is 0 Å². The zero-order valence-electron chi connectivity index (χ0n) is 10.7. The lowest BCUT2D eigenvalue weighted by atomic mass is 10.3. The molecule has 1 aromatic rings. The SMILES string of the molecule is CCCS(=O)(=O)c1ccc(NC(=O)C(=O)OC)cc1. The molecule has 0 saturated heterocycles. The number of ether oxygens (including phenoxy) is 1. The first kappa shape index (κ1) is 15.2. The van der Waals surface area contributed by atoms with Crippen LogP contribution in [0.5, 0.6) is 0 Å². The van der Waals surface area contributed by atoms with Crippen LogP contribution in [-0.4, -0.2) is 33.2 Å². The molecule has 0 spiro atoms. The molecular weight excluding hydrogens is 270 g/mol. The van der Waals surface area contributed by atoms with E-state index in [1.165, 1.54) is 24.3 Å². The van der Waals surface area contributed by atoms with Gasteiger partial charge in [-0.1, -0.05) is 6.92 Å². The summed E-state index contributed by atoms with van der Waals surface area (Å²) in [4.78, 5) is 22.3. The lowest BCUT2D eigenvalue weighted by Gasteiger charge is -2.06. The van der Waals surface area contributed by atoms with Gasteiger partial charge in [0.15, 0.2) is 9.84 Å². The summed E-state index contributed by atoms with van der Waals surface area (Å²) in [5, 5.41) is 2.29. The zero-order chi connectivity index (χ0) is 14.5. The van der Waals surface area contributed by atoms with Gasteiger partial charge in [-0.05, 0) is 30.7 Å². The number of esters is 1. The predicted octanol–water partition coefficient (Wildman–Crippen LogP) is 0.982. The van der Waals surface area contributed by atoms with Crippen molar-refractivity contribution in [3.05, 3.63) is 24.3 Å². The third-order valence-electron chi connectivity index (χ3n) is 2.31. The highest BCUT2D eigenvalue weighted by Gasteiger charge is 2.15. The van der Waals surface area contributed by atoms with Gasteiger partial charge < -0.3 is 10.1 Å². The molecule has 0 atom stereocenters. The molecule has 1 aromatic carbocycles. The maximum Gasteiger partial charge on any atom is 0.396 e. The Morgan fingerprint density at radius 3 is 2.26 bits per heavy atom. The maximum absolute atomic E-state index is 11.8. The second-order valence-corrected chi connectivity index (χ2v) is 5.90. The van der Waals surface area contributed by atoms with Gasteiger partial charge in [0.25, 0.3) is 0 Å². The summed E-state index contributed by atoms with van der Waals surface area (Å²) in [5.74, 6) is -1.85. The second kappa shape index (κ2) is 6.33. The van der Waals surface area contributed by atoms with Crippen LogP contribution in [0.4, 0.5) is 5.69 Å². The van der Waals surface area contributed by atoms with Crippen LogP contribution in [0, 0.1) is 0 Å². The number of amides is 1. The zero-order valence-corrected chi connectivity index (χ0v) is 11.5. The largest absolute Gasteiger partial charge is 0.462 e. The van der Waals surface area contributed by atoms with Crippen molar-refractivity contribution in [2.45, 2.75) is 18.2 Å². The van der Waals surface area contributed by atoms with Gasteiger partial charge in [0.2, 0.25) is 0 Å². The Labute approximate surface area is 111 Å². The number of rotatable bonds is 4. The van der Waals surface area contributed by atoms with Crippen LogP contribution >= 0.6 is 0 Å². The van der Waals surface area contributed by atoms with Crippen LogP contribution in [0.25, 0.3) is 0 Å². The third-order valence-corrected chi connectivity index (χ3v) is 4.25. The fourth-order valence-corrected chi connectivity index (χ4v) is 2.73. The third kappa shape index (κ3) is 4.06. The molecule has 0 aliphatic rings. The van der Waals surface area contributed by atoms with Gasteiger partial charge in [-0.2, -0.15) is 0 Å². The van der Waals surface area contributed by atoms with E-state index in [2.05, 4.69) is 10.1 Å². The first-order valence-electron chi connectivity index (χ1n) is 5.63. The van der Waals surface area contributed by atoms with E-state index in [0.29, 0.717) is 12.1 Å². The lowest BCUT2D eigenvalue weighted by molar-refractivity contribution is -0.150. The monoisotopic (exact) mass is 285 g/mol. The summed E-state index contributed by atoms with van der Waals surface area (Å²) in [6.07, 6.45) is 0.531. The maximum atomic E-state index is 11.8. The van der Waals surface area contributed by atoms with Gasteiger partial charge in [0.05, 0.1) is 17.8 Å². The number of nitrogens with one attached hydrogen (secondary N) is 1. The van der Waals surface area contributed by atoms with Crippen molar-refractivity contribution in [3.8, 4) is 0 Å². The summed E-state index contributed by atoms with van der Waals surface area (Å²) in [6.45, 7) is 1.78. The summed E-state index contributed by atoms with van der Waals surface area (Å²) >= 11 is 0. The van der Waals surface area contributed by atoms with Crippen molar-refractivity contribution >= 4 is 27.4 Å². The number of benzene rings is 1. The molecule has 19 heavy (non-hydrogen) atoms. The Hall–Kier alpha value is -1.89. The Kier molecular flexibility index (Phi) is 5.05. The number of hydrogen-bond acceptors (Lipinski definition) is 5. The molecule has 0 saturated carbocycles. The minimum absolute atomic E-state index is 0.0703. The first-order valence-corrected chi connectivity index (χ1v) is 7.28. The fourth-order valence-electron chi connectivity index (χ4n) is 1.41. The molecule has 104 valence electrons. The normalized spacial score (nSPS) is 10.8. The Bertz CT molecular complexity index is 562. The quantitative estimate of drug-likeness (QED) is 0.658. The number of carbonyl (C=O) groups is 2. The molecule has 0 unspecified atom stereocenters. The predicted molar refractivity (Wildman–Crippen MR) is 69.4 cm³/mol. The molecule has 1 N–H and O–H groups in total. The van der Waals surface area contributed by atoms with Gasteiger partial charge in [0.1, 0.15) is 0 Å². The molecule has 0 fully saturated rings. The summed E-state index contributed by atoms with van der Waals surface area (Å²) in [7, 11) is -2.18. The number of sulfone groups is 1. The van der Waals surface area contributed by atoms with Crippen LogP contribution in [0.2, 0.25) is 0 Å². The van der Waals surface area contributed by atoms with E-state index in [-0.39, 0.29) is 10.6 Å². The number of carbonyl (C=O) groups excluding carboxylic acids is 2. The smallest absolute Gasteiger partial charge is 0.396 e. The fraction of sp³-hybridized carbons (Fsp3) is 0.333. The molecule has 7 heteroatoms. The number of methoxy groups -OCH3 is 1. The average Bonchev–Trinajstić information content (AvgIpc) is 2.38. The van der Waals surface area contributed by atoms with Crippen LogP contribution in [0.15, 0.2) is 29.2 Å². The van der Waals surface area contributed by atoms with Gasteiger partial charge >= 0.3 is 11.9 Å². The van der Waals surface area contributed by atoms with Gasteiger partial charge in [-0.3, -0.25) is 4.79 Å². The minimum Gasteiger partial charge on any atom is -0.462 e. The molecule has 1 amide bonds. The van der Waals surface area contributed by atoms with E-state index in [4.69, 9.17) is 0 Å². The van der Waals surface area contributed by atoms with Gasteiger partial charge in [-0.15, -0.1) is 0 Å². The number of anilines is 1. The van der Waals surface area contributed by atoms with Crippen LogP contribution in [0.1, 0.15) is 13.3 Å². The topological polar surface area (TPSA) is 89.5 Å². The van der Waals surface area contributed by atoms with E-state index in [1.807, 2.05) is 0 Å². The Morgan fingerprint density at radius 1 is 1.21 bits per heavy atom. The van der Waals surface area contributed by atoms with Crippen LogP contribution in [-0.2, 0) is 24.2 Å². The van der Waals surface area contributed by atoms with Gasteiger partial charge in [-0.25, -0.2) is 13.2 Å². The lowest BCUT2D eigenvalue weighted by Crippen LogP contribution is -2.23. The van der Waals surface area contributed by atoms with E-state index >= 15 is 0 Å². The van der Waals surface area contributed by atoms with Crippen molar-refractivity contribution < 1.29 is 22.7 Å².